The van der Waals surface area contributed by atoms with E-state index in [1.54, 1.807) is 25.4 Å². The van der Waals surface area contributed by atoms with Gasteiger partial charge in [-0.05, 0) is 24.3 Å². The van der Waals surface area contributed by atoms with Crippen LogP contribution in [0.2, 0.25) is 4.47 Å². The average molecular weight is 414 g/mol. The highest BCUT2D eigenvalue weighted by molar-refractivity contribution is 7.15. The largest absolute Gasteiger partial charge is 0.494 e. The van der Waals surface area contributed by atoms with Crippen LogP contribution in [-0.4, -0.2) is 18.0 Å². The first kappa shape index (κ1) is 18.3. The van der Waals surface area contributed by atoms with Crippen LogP contribution in [0.25, 0.3) is 11.0 Å². The van der Waals surface area contributed by atoms with Gasteiger partial charge in [0.2, 0.25) is 0 Å². The molecule has 0 saturated heterocycles. The highest BCUT2D eigenvalue weighted by Gasteiger charge is 2.15. The first-order valence-electron chi connectivity index (χ1n) is 8.44. The molecular formula is C20H16ClN3O3S. The quantitative estimate of drug-likeness (QED) is 0.441. The molecule has 2 aromatic heterocycles. The summed E-state index contributed by atoms with van der Waals surface area (Å²) in [5.41, 5.74) is 2.07. The van der Waals surface area contributed by atoms with Gasteiger partial charge in [-0.15, -0.1) is 11.3 Å². The number of nitrogens with one attached hydrogen (secondary N) is 2. The van der Waals surface area contributed by atoms with Gasteiger partial charge in [-0.3, -0.25) is 4.79 Å². The van der Waals surface area contributed by atoms with E-state index in [0.29, 0.717) is 28.0 Å². The maximum absolute atomic E-state index is 12.6. The van der Waals surface area contributed by atoms with Gasteiger partial charge in [-0.25, -0.2) is 4.98 Å². The molecule has 0 saturated carbocycles. The standard InChI is InChI=1S/C20H16ClN3O3S/c1-26-17-9-13(22-10-14-11-23-20(21)28-14)6-7-15(17)24-19(25)18-8-12-4-2-3-5-16(12)27-18/h2-9,11,22H,10H2,1H3,(H,24,25). The van der Waals surface area contributed by atoms with Crippen molar-refractivity contribution in [1.82, 2.24) is 4.98 Å². The molecule has 0 aliphatic heterocycles. The van der Waals surface area contributed by atoms with Crippen LogP contribution in [0.4, 0.5) is 11.4 Å². The Morgan fingerprint density at radius 1 is 1.25 bits per heavy atom. The number of methoxy groups -OCH3 is 1. The second-order valence-electron chi connectivity index (χ2n) is 5.95. The summed E-state index contributed by atoms with van der Waals surface area (Å²) in [5.74, 6) is 0.443. The summed E-state index contributed by atoms with van der Waals surface area (Å²) >= 11 is 7.27. The van der Waals surface area contributed by atoms with E-state index in [2.05, 4.69) is 15.6 Å². The van der Waals surface area contributed by atoms with Crippen molar-refractivity contribution >= 4 is 51.2 Å². The maximum atomic E-state index is 12.6. The number of para-hydroxylation sites is 1. The normalized spacial score (nSPS) is 10.8. The van der Waals surface area contributed by atoms with Gasteiger partial charge < -0.3 is 19.8 Å². The Morgan fingerprint density at radius 2 is 2.11 bits per heavy atom. The van der Waals surface area contributed by atoms with Gasteiger partial charge in [-0.2, -0.15) is 0 Å². The number of thiazole rings is 1. The molecule has 1 amide bonds. The van der Waals surface area contributed by atoms with E-state index in [9.17, 15) is 4.79 Å². The molecule has 0 aliphatic carbocycles. The number of aromatic nitrogens is 1. The minimum atomic E-state index is -0.338. The third-order valence-corrected chi connectivity index (χ3v) is 5.21. The molecule has 0 bridgehead atoms. The fourth-order valence-corrected chi connectivity index (χ4v) is 3.65. The number of carbonyl (C=O) groups excluding carboxylic acids is 1. The number of furan rings is 1. The molecule has 0 atom stereocenters. The fourth-order valence-electron chi connectivity index (χ4n) is 2.74. The Morgan fingerprint density at radius 3 is 2.86 bits per heavy atom. The lowest BCUT2D eigenvalue weighted by atomic mass is 10.2. The number of carbonyl (C=O) groups is 1. The molecule has 28 heavy (non-hydrogen) atoms. The molecular weight excluding hydrogens is 398 g/mol. The number of ether oxygens (including phenoxy) is 1. The van der Waals surface area contributed by atoms with E-state index < -0.39 is 0 Å². The van der Waals surface area contributed by atoms with Crippen molar-refractivity contribution in [2.45, 2.75) is 6.54 Å². The Hall–Kier alpha value is -3.03. The summed E-state index contributed by atoms with van der Waals surface area (Å²) in [7, 11) is 1.55. The number of hydrogen-bond donors (Lipinski definition) is 2. The summed E-state index contributed by atoms with van der Waals surface area (Å²) in [6.07, 6.45) is 1.74. The zero-order valence-electron chi connectivity index (χ0n) is 14.9. The summed E-state index contributed by atoms with van der Waals surface area (Å²) in [6, 6.07) is 14.7. The number of rotatable bonds is 6. The summed E-state index contributed by atoms with van der Waals surface area (Å²) in [6.45, 7) is 0.595. The van der Waals surface area contributed by atoms with Crippen LogP contribution >= 0.6 is 22.9 Å². The lowest BCUT2D eigenvalue weighted by Gasteiger charge is -2.12. The summed E-state index contributed by atoms with van der Waals surface area (Å²) in [4.78, 5) is 17.6. The molecule has 0 aliphatic rings. The van der Waals surface area contributed by atoms with E-state index in [4.69, 9.17) is 20.8 Å². The minimum Gasteiger partial charge on any atom is -0.494 e. The molecule has 6 nitrogen and oxygen atoms in total. The Labute approximate surface area is 170 Å². The van der Waals surface area contributed by atoms with E-state index in [1.165, 1.54) is 11.3 Å². The van der Waals surface area contributed by atoms with Crippen LogP contribution in [0.5, 0.6) is 5.75 Å². The molecule has 2 heterocycles. The second kappa shape index (κ2) is 7.92. The molecule has 0 radical (unpaired) electrons. The number of halogens is 1. The van der Waals surface area contributed by atoms with Crippen molar-refractivity contribution in [3.63, 3.8) is 0 Å². The van der Waals surface area contributed by atoms with Gasteiger partial charge in [0.1, 0.15) is 11.3 Å². The Bertz CT molecular complexity index is 1110. The zero-order chi connectivity index (χ0) is 19.5. The number of nitrogens with zero attached hydrogens (tertiary/aromatic N) is 1. The van der Waals surface area contributed by atoms with Crippen LogP contribution in [-0.2, 0) is 6.54 Å². The monoisotopic (exact) mass is 413 g/mol. The molecule has 2 N–H and O–H groups in total. The van der Waals surface area contributed by atoms with Crippen molar-refractivity contribution in [1.29, 1.82) is 0 Å². The predicted molar refractivity (Wildman–Crippen MR) is 112 cm³/mol. The van der Waals surface area contributed by atoms with Crippen molar-refractivity contribution in [3.05, 3.63) is 69.8 Å². The van der Waals surface area contributed by atoms with E-state index in [-0.39, 0.29) is 11.7 Å². The van der Waals surface area contributed by atoms with E-state index >= 15 is 0 Å². The Kier molecular flexibility index (Phi) is 5.18. The topological polar surface area (TPSA) is 76.4 Å². The van der Waals surface area contributed by atoms with Gasteiger partial charge in [-0.1, -0.05) is 29.8 Å². The minimum absolute atomic E-state index is 0.243. The van der Waals surface area contributed by atoms with Gasteiger partial charge in [0.05, 0.1) is 19.3 Å². The molecule has 4 rings (SSSR count). The van der Waals surface area contributed by atoms with Crippen LogP contribution in [0.3, 0.4) is 0 Å². The van der Waals surface area contributed by atoms with Gasteiger partial charge >= 0.3 is 0 Å². The van der Waals surface area contributed by atoms with Crippen LogP contribution in [0, 0.1) is 0 Å². The number of benzene rings is 2. The molecule has 0 spiro atoms. The molecule has 4 aromatic rings. The number of anilines is 2. The van der Waals surface area contributed by atoms with Crippen molar-refractivity contribution in [2.75, 3.05) is 17.7 Å². The van der Waals surface area contributed by atoms with Crippen LogP contribution in [0.15, 0.2) is 59.1 Å². The first-order valence-corrected chi connectivity index (χ1v) is 9.64. The predicted octanol–water partition coefficient (Wildman–Crippen LogP) is 5.42. The summed E-state index contributed by atoms with van der Waals surface area (Å²) in [5, 5.41) is 6.99. The maximum Gasteiger partial charge on any atom is 0.291 e. The lowest BCUT2D eigenvalue weighted by Crippen LogP contribution is -2.12. The third kappa shape index (κ3) is 3.95. The van der Waals surface area contributed by atoms with E-state index in [0.717, 1.165) is 16.0 Å². The van der Waals surface area contributed by atoms with Crippen LogP contribution in [0.1, 0.15) is 15.4 Å². The van der Waals surface area contributed by atoms with Gasteiger partial charge in [0.15, 0.2) is 10.2 Å². The first-order chi connectivity index (χ1) is 13.6. The number of amides is 1. The van der Waals surface area contributed by atoms with Crippen molar-refractivity contribution in [2.24, 2.45) is 0 Å². The summed E-state index contributed by atoms with van der Waals surface area (Å²) < 4.78 is 11.5. The molecule has 0 fully saturated rings. The molecule has 8 heteroatoms. The Balaban J connectivity index is 1.48. The molecule has 0 unspecified atom stereocenters. The van der Waals surface area contributed by atoms with Crippen molar-refractivity contribution in [3.8, 4) is 5.75 Å². The average Bonchev–Trinajstić information content (AvgIpc) is 3.33. The highest BCUT2D eigenvalue weighted by Crippen LogP contribution is 2.30. The van der Waals surface area contributed by atoms with Gasteiger partial charge in [0.25, 0.3) is 5.91 Å². The van der Waals surface area contributed by atoms with Crippen LogP contribution < -0.4 is 15.4 Å². The molecule has 142 valence electrons. The smallest absolute Gasteiger partial charge is 0.291 e. The molecule has 2 aromatic carbocycles. The van der Waals surface area contributed by atoms with Gasteiger partial charge in [0, 0.05) is 28.2 Å². The second-order valence-corrected chi connectivity index (χ2v) is 7.65. The number of fused-ring (bicyclic) bond motifs is 1. The zero-order valence-corrected chi connectivity index (χ0v) is 16.4. The number of hydrogen-bond acceptors (Lipinski definition) is 6. The highest BCUT2D eigenvalue weighted by atomic mass is 35.5. The van der Waals surface area contributed by atoms with Crippen molar-refractivity contribution < 1.29 is 13.9 Å². The van der Waals surface area contributed by atoms with E-state index in [1.807, 2.05) is 36.4 Å². The fraction of sp³-hybridized carbons (Fsp3) is 0.100. The SMILES string of the molecule is COc1cc(NCc2cnc(Cl)s2)ccc1NC(=O)c1cc2ccccc2o1. The third-order valence-electron chi connectivity index (χ3n) is 4.09. The lowest BCUT2D eigenvalue weighted by molar-refractivity contribution is 0.0998.